The number of aromatic nitrogens is 8. The highest BCUT2D eigenvalue weighted by atomic mass is 35.5. The van der Waals surface area contributed by atoms with Gasteiger partial charge in [0.05, 0.1) is 37.3 Å². The third-order valence-electron chi connectivity index (χ3n) is 5.05. The summed E-state index contributed by atoms with van der Waals surface area (Å²) in [6, 6.07) is 0. The Morgan fingerprint density at radius 2 is 2.22 bits per heavy atom. The van der Waals surface area contributed by atoms with Crippen LogP contribution in [-0.4, -0.2) is 91.1 Å². The number of rotatable bonds is 8. The summed E-state index contributed by atoms with van der Waals surface area (Å²) >= 11 is 5.87. The van der Waals surface area contributed by atoms with Crippen molar-refractivity contribution < 1.29 is 34.0 Å². The second kappa shape index (κ2) is 8.57. The highest BCUT2D eigenvalue weighted by Gasteiger charge is 2.50. The maximum atomic E-state index is 12.1. The molecule has 3 aromatic rings. The monoisotopic (exact) mass is 491 g/mol. The Morgan fingerprint density at radius 3 is 2.88 bits per heavy atom. The van der Waals surface area contributed by atoms with Gasteiger partial charge in [-0.1, -0.05) is 5.21 Å². The summed E-state index contributed by atoms with van der Waals surface area (Å²) in [4.78, 5) is 27.6. The lowest BCUT2D eigenvalue weighted by Crippen LogP contribution is -2.43. The molecule has 0 aromatic carbocycles. The normalized spacial score (nSPS) is 23.6. The van der Waals surface area contributed by atoms with Crippen molar-refractivity contribution in [2.24, 2.45) is 0 Å². The summed E-state index contributed by atoms with van der Waals surface area (Å²) in [6.45, 7) is -1.51. The number of hydrogen-bond donors (Lipinski definition) is 6. The van der Waals surface area contributed by atoms with Gasteiger partial charge in [-0.2, -0.15) is 15.3 Å². The molecule has 4 atom stereocenters. The first-order valence-electron chi connectivity index (χ1n) is 9.16. The van der Waals surface area contributed by atoms with Crippen LogP contribution in [-0.2, 0) is 20.5 Å². The maximum absolute atomic E-state index is 12.1. The van der Waals surface area contributed by atoms with Crippen LogP contribution in [0, 0.1) is 0 Å². The number of anilines is 1. The Balaban J connectivity index is 1.52. The van der Waals surface area contributed by atoms with Crippen molar-refractivity contribution in [1.82, 2.24) is 40.4 Å². The van der Waals surface area contributed by atoms with Crippen LogP contribution in [0.5, 0.6) is 0 Å². The number of nitrogens with zero attached hydrogens (tertiary/aromatic N) is 7. The van der Waals surface area contributed by atoms with Crippen LogP contribution in [0.4, 0.5) is 5.82 Å². The first kappa shape index (κ1) is 22.9. The zero-order valence-electron chi connectivity index (χ0n) is 16.2. The summed E-state index contributed by atoms with van der Waals surface area (Å²) in [5.41, 5.74) is 6.11. The zero-order chi connectivity index (χ0) is 23.1. The standard InChI is InChI=1S/C14H19ClN9O7P/c15-13-18-11(16)6-3-17-24(12(6)19-13)10-1-7(26)8(31-10)4-30-14(5-25,32(27,28)29)2-9-20-22-23-21-9/h3,7-8,10,25-26H,1-2,4-5H2,(H2,16,18,19)(H2,27,28,29)(H,20,21,22,23)/t7-,8+,10+,14-/m0/s1. The van der Waals surface area contributed by atoms with Gasteiger partial charge in [0.25, 0.3) is 0 Å². The number of H-pyrrole nitrogens is 1. The van der Waals surface area contributed by atoms with Crippen molar-refractivity contribution in [2.75, 3.05) is 18.9 Å². The topological polar surface area (TPSA) is 241 Å². The highest BCUT2D eigenvalue weighted by Crippen LogP contribution is 2.52. The number of hydrogen-bond acceptors (Lipinski definition) is 12. The molecule has 174 valence electrons. The summed E-state index contributed by atoms with van der Waals surface area (Å²) < 4.78 is 24.7. The molecule has 1 saturated heterocycles. The lowest BCUT2D eigenvalue weighted by molar-refractivity contribution is -0.109. The average molecular weight is 492 g/mol. The van der Waals surface area contributed by atoms with E-state index in [9.17, 15) is 24.6 Å². The maximum Gasteiger partial charge on any atom is 0.359 e. The molecular weight excluding hydrogens is 473 g/mol. The van der Waals surface area contributed by atoms with E-state index in [0.29, 0.717) is 11.0 Å². The van der Waals surface area contributed by atoms with Gasteiger partial charge in [0.1, 0.15) is 11.9 Å². The van der Waals surface area contributed by atoms with Crippen LogP contribution in [0.25, 0.3) is 11.0 Å². The van der Waals surface area contributed by atoms with Gasteiger partial charge >= 0.3 is 7.60 Å². The SMILES string of the molecule is Nc1nc(Cl)nc2c1cnn2[C@H]1C[C@H](O)[C@@H](CO[C@@](CO)(Cc2nn[nH]n2)P(=O)(O)O)O1. The van der Waals surface area contributed by atoms with Crippen LogP contribution < -0.4 is 5.73 Å². The predicted molar refractivity (Wildman–Crippen MR) is 105 cm³/mol. The minimum atomic E-state index is -5.03. The first-order chi connectivity index (χ1) is 15.1. The number of nitrogens with one attached hydrogen (secondary N) is 1. The fourth-order valence-electron chi connectivity index (χ4n) is 3.32. The van der Waals surface area contributed by atoms with E-state index in [-0.39, 0.29) is 23.3 Å². The van der Waals surface area contributed by atoms with Crippen molar-refractivity contribution in [3.8, 4) is 0 Å². The minimum absolute atomic E-state index is 0.0687. The molecule has 1 aliphatic rings. The Morgan fingerprint density at radius 1 is 1.44 bits per heavy atom. The number of fused-ring (bicyclic) bond motifs is 1. The lowest BCUT2D eigenvalue weighted by Gasteiger charge is -2.32. The van der Waals surface area contributed by atoms with Gasteiger partial charge in [-0.25, -0.2) is 9.67 Å². The van der Waals surface area contributed by atoms with Gasteiger partial charge in [0.15, 0.2) is 23.0 Å². The van der Waals surface area contributed by atoms with E-state index in [1.54, 1.807) is 0 Å². The van der Waals surface area contributed by atoms with E-state index in [1.165, 1.54) is 10.9 Å². The molecule has 18 heteroatoms. The summed E-state index contributed by atoms with van der Waals surface area (Å²) in [6.07, 6.45) is -1.91. The minimum Gasteiger partial charge on any atom is -0.393 e. The molecule has 4 rings (SSSR count). The number of halogens is 1. The van der Waals surface area contributed by atoms with Gasteiger partial charge < -0.3 is 35.2 Å². The second-order valence-electron chi connectivity index (χ2n) is 7.10. The smallest absolute Gasteiger partial charge is 0.359 e. The van der Waals surface area contributed by atoms with Crippen LogP contribution >= 0.6 is 19.2 Å². The Hall–Kier alpha value is -2.30. The highest BCUT2D eigenvalue weighted by molar-refractivity contribution is 7.53. The number of nitrogen functional groups attached to an aromatic ring is 1. The number of ether oxygens (including phenoxy) is 2. The van der Waals surface area contributed by atoms with Crippen molar-refractivity contribution in [3.63, 3.8) is 0 Å². The molecule has 32 heavy (non-hydrogen) atoms. The molecule has 0 radical (unpaired) electrons. The third kappa shape index (κ3) is 4.18. The molecule has 0 aliphatic carbocycles. The van der Waals surface area contributed by atoms with Crippen LogP contribution in [0.3, 0.4) is 0 Å². The first-order valence-corrected chi connectivity index (χ1v) is 11.1. The average Bonchev–Trinajstić information content (AvgIpc) is 3.44. The van der Waals surface area contributed by atoms with Gasteiger partial charge in [-0.15, -0.1) is 10.2 Å². The largest absolute Gasteiger partial charge is 0.393 e. The zero-order valence-corrected chi connectivity index (χ0v) is 17.8. The summed E-state index contributed by atoms with van der Waals surface area (Å²) in [5.74, 6) is 0.0471. The molecule has 1 aliphatic heterocycles. The number of nitrogens with two attached hydrogens (primary N) is 1. The van der Waals surface area contributed by atoms with Crippen molar-refractivity contribution in [1.29, 1.82) is 0 Å². The molecule has 16 nitrogen and oxygen atoms in total. The molecule has 4 heterocycles. The van der Waals surface area contributed by atoms with Crippen LogP contribution in [0.1, 0.15) is 18.5 Å². The van der Waals surface area contributed by atoms with Crippen LogP contribution in [0.15, 0.2) is 6.20 Å². The van der Waals surface area contributed by atoms with Crippen LogP contribution in [0.2, 0.25) is 5.28 Å². The van der Waals surface area contributed by atoms with Gasteiger partial charge in [-0.05, 0) is 11.6 Å². The number of aliphatic hydroxyl groups excluding tert-OH is 2. The van der Waals surface area contributed by atoms with E-state index < -0.39 is 51.0 Å². The third-order valence-corrected chi connectivity index (χ3v) is 6.71. The lowest BCUT2D eigenvalue weighted by atomic mass is 10.2. The van der Waals surface area contributed by atoms with Crippen molar-refractivity contribution in [3.05, 3.63) is 17.3 Å². The molecule has 0 bridgehead atoms. The molecule has 0 amide bonds. The molecule has 0 saturated carbocycles. The fourth-order valence-corrected chi connectivity index (χ4v) is 4.26. The van der Waals surface area contributed by atoms with E-state index in [1.807, 2.05) is 0 Å². The number of aromatic amines is 1. The molecule has 0 spiro atoms. The number of aliphatic hydroxyl groups is 2. The van der Waals surface area contributed by atoms with Gasteiger partial charge in [0.2, 0.25) is 5.28 Å². The molecule has 3 aromatic heterocycles. The van der Waals surface area contributed by atoms with E-state index >= 15 is 0 Å². The Bertz CT molecular complexity index is 1140. The van der Waals surface area contributed by atoms with E-state index in [0.717, 1.165) is 0 Å². The van der Waals surface area contributed by atoms with Crippen molar-refractivity contribution >= 4 is 36.0 Å². The summed E-state index contributed by atoms with van der Waals surface area (Å²) in [7, 11) is -5.03. The Kier molecular flexibility index (Phi) is 6.12. The predicted octanol–water partition coefficient (Wildman–Crippen LogP) is -1.65. The molecule has 1 fully saturated rings. The van der Waals surface area contributed by atoms with Gasteiger partial charge in [0, 0.05) is 6.42 Å². The van der Waals surface area contributed by atoms with Gasteiger partial charge in [-0.3, -0.25) is 4.57 Å². The quantitative estimate of drug-likeness (QED) is 0.153. The Labute approximate surface area is 183 Å². The van der Waals surface area contributed by atoms with E-state index in [4.69, 9.17) is 26.8 Å². The molecular formula is C14H19ClN9O7P. The van der Waals surface area contributed by atoms with Crippen molar-refractivity contribution in [2.45, 2.75) is 36.6 Å². The number of tetrazole rings is 1. The molecule has 0 unspecified atom stereocenters. The summed E-state index contributed by atoms with van der Waals surface area (Å²) in [5, 5.41) is 35.1. The van der Waals surface area contributed by atoms with E-state index in [2.05, 4.69) is 35.7 Å². The fraction of sp³-hybridized carbons (Fsp3) is 0.571. The second-order valence-corrected chi connectivity index (χ2v) is 9.34. The molecule has 7 N–H and O–H groups in total.